The number of para-hydroxylation sites is 1. The minimum Gasteiger partial charge on any atom is -0.438 e. The highest BCUT2D eigenvalue weighted by atomic mass is 16.5. The second kappa shape index (κ2) is 5.60. The number of hydrogen-bond donors (Lipinski definition) is 1. The fourth-order valence-electron chi connectivity index (χ4n) is 3.54. The molecule has 2 atom stereocenters. The van der Waals surface area contributed by atoms with Crippen LogP contribution in [-0.2, 0) is 0 Å². The van der Waals surface area contributed by atoms with E-state index in [1.54, 1.807) is 0 Å². The van der Waals surface area contributed by atoms with Gasteiger partial charge >= 0.3 is 0 Å². The van der Waals surface area contributed by atoms with E-state index in [9.17, 15) is 5.11 Å². The average Bonchev–Trinajstić information content (AvgIpc) is 3.10. The van der Waals surface area contributed by atoms with E-state index in [1.807, 2.05) is 42.6 Å². The van der Waals surface area contributed by atoms with E-state index >= 15 is 0 Å². The molecule has 4 rings (SSSR count). The number of fused-ring (bicyclic) bond motifs is 1. The Morgan fingerprint density at radius 1 is 1.17 bits per heavy atom. The molecule has 2 heterocycles. The van der Waals surface area contributed by atoms with E-state index in [-0.39, 0.29) is 17.6 Å². The van der Waals surface area contributed by atoms with Gasteiger partial charge in [0.1, 0.15) is 17.7 Å². The average molecular weight is 323 g/mol. The van der Waals surface area contributed by atoms with Crippen LogP contribution in [0.5, 0.6) is 11.6 Å². The van der Waals surface area contributed by atoms with E-state index in [0.29, 0.717) is 5.88 Å². The zero-order valence-electron chi connectivity index (χ0n) is 13.9. The second-order valence-corrected chi connectivity index (χ2v) is 7.15. The Bertz CT molecular complexity index is 857. The smallest absolute Gasteiger partial charge is 0.231 e. The zero-order chi connectivity index (χ0) is 16.7. The Labute approximate surface area is 140 Å². The molecule has 0 radical (unpaired) electrons. The molecule has 2 aromatic heterocycles. The minimum absolute atomic E-state index is 0.0718. The summed E-state index contributed by atoms with van der Waals surface area (Å²) in [4.78, 5) is 8.74. The fraction of sp³-hybridized carbons (Fsp3) is 0.368. The summed E-state index contributed by atoms with van der Waals surface area (Å²) >= 11 is 0. The van der Waals surface area contributed by atoms with Gasteiger partial charge in [-0.05, 0) is 36.5 Å². The van der Waals surface area contributed by atoms with Crippen LogP contribution in [0.25, 0.3) is 11.0 Å². The number of nitrogens with zero attached hydrogens (tertiary/aromatic N) is 3. The third-order valence-corrected chi connectivity index (χ3v) is 4.98. The molecule has 0 saturated heterocycles. The number of benzene rings is 1. The maximum absolute atomic E-state index is 10.3. The largest absolute Gasteiger partial charge is 0.438 e. The van der Waals surface area contributed by atoms with Crippen LogP contribution < -0.4 is 4.74 Å². The third-order valence-electron chi connectivity index (χ3n) is 4.98. The molecule has 124 valence electrons. The van der Waals surface area contributed by atoms with Crippen LogP contribution in [0.1, 0.15) is 32.7 Å². The van der Waals surface area contributed by atoms with Crippen molar-refractivity contribution in [3.63, 3.8) is 0 Å². The third kappa shape index (κ3) is 2.55. The van der Waals surface area contributed by atoms with Crippen molar-refractivity contribution < 1.29 is 9.84 Å². The molecule has 5 nitrogen and oxygen atoms in total. The zero-order valence-corrected chi connectivity index (χ0v) is 13.9. The van der Waals surface area contributed by atoms with Gasteiger partial charge in [-0.15, -0.1) is 0 Å². The highest BCUT2D eigenvalue weighted by molar-refractivity contribution is 5.81. The van der Waals surface area contributed by atoms with Gasteiger partial charge in [0.05, 0.1) is 11.5 Å². The lowest BCUT2D eigenvalue weighted by atomic mass is 9.89. The standard InChI is InChI=1S/C19H21N3O2/c1-19(2)11-13(10-16(19)23)22-9-8-15-17(22)20-12-21-18(15)24-14-6-4-3-5-7-14/h3-9,12-13,16,23H,10-11H2,1-2H3. The summed E-state index contributed by atoms with van der Waals surface area (Å²) in [6.45, 7) is 4.23. The lowest BCUT2D eigenvalue weighted by molar-refractivity contribution is 0.0796. The van der Waals surface area contributed by atoms with E-state index < -0.39 is 0 Å². The number of aliphatic hydroxyl groups excluding tert-OH is 1. The first-order valence-corrected chi connectivity index (χ1v) is 8.27. The summed E-state index contributed by atoms with van der Waals surface area (Å²) < 4.78 is 8.06. The number of rotatable bonds is 3. The molecular formula is C19H21N3O2. The van der Waals surface area contributed by atoms with Crippen LogP contribution >= 0.6 is 0 Å². The molecule has 1 fully saturated rings. The van der Waals surface area contributed by atoms with Gasteiger partial charge in [0.2, 0.25) is 5.88 Å². The molecule has 1 N–H and O–H groups in total. The van der Waals surface area contributed by atoms with Gasteiger partial charge in [0, 0.05) is 12.2 Å². The Kier molecular flexibility index (Phi) is 3.53. The molecule has 2 unspecified atom stereocenters. The van der Waals surface area contributed by atoms with Crippen LogP contribution in [0.15, 0.2) is 48.9 Å². The number of hydrogen-bond acceptors (Lipinski definition) is 4. The first kappa shape index (κ1) is 15.1. The van der Waals surface area contributed by atoms with Crippen LogP contribution in [0.2, 0.25) is 0 Å². The van der Waals surface area contributed by atoms with Crippen molar-refractivity contribution in [1.82, 2.24) is 14.5 Å². The Morgan fingerprint density at radius 3 is 2.67 bits per heavy atom. The van der Waals surface area contributed by atoms with Crippen LogP contribution in [0.4, 0.5) is 0 Å². The van der Waals surface area contributed by atoms with Gasteiger partial charge in [0.15, 0.2) is 0 Å². The first-order valence-electron chi connectivity index (χ1n) is 8.27. The SMILES string of the molecule is CC1(C)CC(n2ccc3c(Oc4ccccc4)ncnc32)CC1O. The summed E-state index contributed by atoms with van der Waals surface area (Å²) in [7, 11) is 0. The van der Waals surface area contributed by atoms with E-state index in [0.717, 1.165) is 29.6 Å². The Balaban J connectivity index is 1.70. The summed E-state index contributed by atoms with van der Waals surface area (Å²) in [5, 5.41) is 11.2. The van der Waals surface area contributed by atoms with Crippen molar-refractivity contribution in [3.05, 3.63) is 48.9 Å². The molecule has 24 heavy (non-hydrogen) atoms. The maximum Gasteiger partial charge on any atom is 0.231 e. The van der Waals surface area contributed by atoms with E-state index in [4.69, 9.17) is 4.74 Å². The lowest BCUT2D eigenvalue weighted by Gasteiger charge is -2.21. The maximum atomic E-state index is 10.3. The van der Waals surface area contributed by atoms with Crippen molar-refractivity contribution in [3.8, 4) is 11.6 Å². The van der Waals surface area contributed by atoms with E-state index in [2.05, 4.69) is 28.4 Å². The quantitative estimate of drug-likeness (QED) is 0.793. The van der Waals surface area contributed by atoms with Crippen molar-refractivity contribution in [2.75, 3.05) is 0 Å². The molecule has 1 aromatic carbocycles. The predicted octanol–water partition coefficient (Wildman–Crippen LogP) is 3.95. The van der Waals surface area contributed by atoms with Crippen molar-refractivity contribution >= 4 is 11.0 Å². The summed E-state index contributed by atoms with van der Waals surface area (Å²) in [5.74, 6) is 1.31. The fourth-order valence-corrected chi connectivity index (χ4v) is 3.54. The van der Waals surface area contributed by atoms with Gasteiger partial charge in [-0.3, -0.25) is 0 Å². The molecule has 3 aromatic rings. The van der Waals surface area contributed by atoms with Gasteiger partial charge in [-0.1, -0.05) is 32.0 Å². The van der Waals surface area contributed by atoms with Crippen LogP contribution in [-0.4, -0.2) is 25.7 Å². The lowest BCUT2D eigenvalue weighted by Crippen LogP contribution is -2.21. The van der Waals surface area contributed by atoms with Crippen LogP contribution in [0, 0.1) is 5.41 Å². The Morgan fingerprint density at radius 2 is 1.96 bits per heavy atom. The van der Waals surface area contributed by atoms with Crippen molar-refractivity contribution in [2.45, 2.75) is 38.8 Å². The molecule has 1 saturated carbocycles. The number of aliphatic hydroxyl groups is 1. The van der Waals surface area contributed by atoms with Gasteiger partial charge < -0.3 is 14.4 Å². The summed E-state index contributed by atoms with van der Waals surface area (Å²) in [6, 6.07) is 11.9. The highest BCUT2D eigenvalue weighted by Crippen LogP contribution is 2.45. The first-order chi connectivity index (χ1) is 11.5. The molecule has 0 amide bonds. The minimum atomic E-state index is -0.290. The van der Waals surface area contributed by atoms with Gasteiger partial charge in [-0.25, -0.2) is 9.97 Å². The molecule has 5 heteroatoms. The monoisotopic (exact) mass is 323 g/mol. The normalized spacial score (nSPS) is 22.8. The van der Waals surface area contributed by atoms with Gasteiger partial charge in [-0.2, -0.15) is 0 Å². The topological polar surface area (TPSA) is 60.2 Å². The van der Waals surface area contributed by atoms with Crippen molar-refractivity contribution in [1.29, 1.82) is 0 Å². The molecule has 1 aliphatic rings. The summed E-state index contributed by atoms with van der Waals surface area (Å²) in [6.07, 6.45) is 4.94. The Hall–Kier alpha value is -2.40. The van der Waals surface area contributed by atoms with Crippen molar-refractivity contribution in [2.24, 2.45) is 5.41 Å². The molecule has 0 aliphatic heterocycles. The highest BCUT2D eigenvalue weighted by Gasteiger charge is 2.40. The van der Waals surface area contributed by atoms with Crippen LogP contribution in [0.3, 0.4) is 0 Å². The van der Waals surface area contributed by atoms with Gasteiger partial charge in [0.25, 0.3) is 0 Å². The molecular weight excluding hydrogens is 302 g/mol. The molecule has 1 aliphatic carbocycles. The number of aromatic nitrogens is 3. The second-order valence-electron chi connectivity index (χ2n) is 7.15. The number of ether oxygens (including phenoxy) is 1. The molecule has 0 spiro atoms. The van der Waals surface area contributed by atoms with E-state index in [1.165, 1.54) is 6.33 Å². The summed E-state index contributed by atoms with van der Waals surface area (Å²) in [5.41, 5.74) is 0.781. The predicted molar refractivity (Wildman–Crippen MR) is 92.1 cm³/mol. The molecule has 0 bridgehead atoms.